The maximum atomic E-state index is 12.4. The number of ether oxygens (including phenoxy) is 1. The minimum Gasteiger partial charge on any atom is -0.493 e. The molecule has 1 fully saturated rings. The first-order valence-corrected chi connectivity index (χ1v) is 8.54. The Hall–Kier alpha value is -0.820. The van der Waals surface area contributed by atoms with Crippen LogP contribution in [0.25, 0.3) is 0 Å². The van der Waals surface area contributed by atoms with Gasteiger partial charge in [-0.2, -0.15) is 0 Å². The number of benzene rings is 1. The number of sulfonamides is 1. The third-order valence-corrected chi connectivity index (χ3v) is 5.43. The Bertz CT molecular complexity index is 606. The summed E-state index contributed by atoms with van der Waals surface area (Å²) in [6, 6.07) is 5.47. The van der Waals surface area contributed by atoms with E-state index in [0.29, 0.717) is 17.5 Å². The molecule has 2 aliphatic heterocycles. The molecule has 118 valence electrons. The van der Waals surface area contributed by atoms with Crippen molar-refractivity contribution in [3.8, 4) is 5.75 Å². The Morgan fingerprint density at radius 3 is 2.95 bits per heavy atom. The van der Waals surface area contributed by atoms with Gasteiger partial charge in [0.1, 0.15) is 5.75 Å². The van der Waals surface area contributed by atoms with Crippen molar-refractivity contribution in [2.75, 3.05) is 13.2 Å². The number of piperidine rings is 1. The summed E-state index contributed by atoms with van der Waals surface area (Å²) >= 11 is 0. The van der Waals surface area contributed by atoms with E-state index in [4.69, 9.17) is 4.74 Å². The predicted molar refractivity (Wildman–Crippen MR) is 83.7 cm³/mol. The van der Waals surface area contributed by atoms with E-state index in [1.54, 1.807) is 18.2 Å². The first-order valence-electron chi connectivity index (χ1n) is 7.06. The van der Waals surface area contributed by atoms with Gasteiger partial charge in [0.15, 0.2) is 0 Å². The largest absolute Gasteiger partial charge is 0.493 e. The van der Waals surface area contributed by atoms with Crippen molar-refractivity contribution in [1.29, 1.82) is 0 Å². The van der Waals surface area contributed by atoms with Crippen LogP contribution in [0, 0.1) is 0 Å². The minimum atomic E-state index is -3.44. The molecule has 1 aromatic rings. The molecule has 1 saturated heterocycles. The lowest BCUT2D eigenvalue weighted by atomic mass is 10.0. The van der Waals surface area contributed by atoms with E-state index < -0.39 is 10.0 Å². The van der Waals surface area contributed by atoms with Crippen molar-refractivity contribution in [1.82, 2.24) is 10.0 Å². The molecule has 2 unspecified atom stereocenters. The third-order valence-electron chi connectivity index (χ3n) is 3.92. The van der Waals surface area contributed by atoms with Crippen LogP contribution in [0.1, 0.15) is 25.3 Å². The van der Waals surface area contributed by atoms with E-state index in [9.17, 15) is 8.42 Å². The van der Waals surface area contributed by atoms with Crippen LogP contribution in [0.4, 0.5) is 0 Å². The molecular weight excluding hydrogens is 312 g/mol. The second-order valence-corrected chi connectivity index (χ2v) is 7.28. The van der Waals surface area contributed by atoms with Gasteiger partial charge in [-0.25, -0.2) is 13.1 Å². The molecule has 0 amide bonds. The van der Waals surface area contributed by atoms with Crippen LogP contribution in [0.15, 0.2) is 23.1 Å². The van der Waals surface area contributed by atoms with E-state index in [2.05, 4.69) is 17.0 Å². The van der Waals surface area contributed by atoms with Gasteiger partial charge in [-0.05, 0) is 50.1 Å². The Kier molecular flexibility index (Phi) is 5.14. The van der Waals surface area contributed by atoms with Crippen molar-refractivity contribution in [2.24, 2.45) is 0 Å². The third kappa shape index (κ3) is 3.69. The summed E-state index contributed by atoms with van der Waals surface area (Å²) in [5.41, 5.74) is 0.978. The van der Waals surface area contributed by atoms with Gasteiger partial charge in [0.2, 0.25) is 10.0 Å². The standard InChI is InChI=1S/C14H20N2O3S.ClH/c1-10-8-12(4-6-15-10)16-20(17,18)13-2-3-14-11(9-13)5-7-19-14;/h2-3,9-10,12,15-16H,4-8H2,1H3;1H. The van der Waals surface area contributed by atoms with E-state index in [1.165, 1.54) is 0 Å². The lowest BCUT2D eigenvalue weighted by Gasteiger charge is -2.28. The fourth-order valence-electron chi connectivity index (χ4n) is 2.86. The topological polar surface area (TPSA) is 67.4 Å². The number of rotatable bonds is 3. The SMILES string of the molecule is CC1CC(NS(=O)(=O)c2ccc3c(c2)CCO3)CCN1.Cl. The summed E-state index contributed by atoms with van der Waals surface area (Å²) in [5.74, 6) is 0.805. The Morgan fingerprint density at radius 1 is 1.38 bits per heavy atom. The van der Waals surface area contributed by atoms with Crippen LogP contribution in [0.3, 0.4) is 0 Å². The van der Waals surface area contributed by atoms with Crippen LogP contribution in [-0.2, 0) is 16.4 Å². The Balaban J connectivity index is 0.00000161. The summed E-state index contributed by atoms with van der Waals surface area (Å²) in [7, 11) is -3.44. The van der Waals surface area contributed by atoms with Crippen LogP contribution >= 0.6 is 12.4 Å². The quantitative estimate of drug-likeness (QED) is 0.879. The van der Waals surface area contributed by atoms with E-state index in [1.807, 2.05) is 0 Å². The molecule has 0 saturated carbocycles. The molecule has 2 N–H and O–H groups in total. The van der Waals surface area contributed by atoms with Crippen LogP contribution < -0.4 is 14.8 Å². The van der Waals surface area contributed by atoms with Gasteiger partial charge in [0, 0.05) is 18.5 Å². The van der Waals surface area contributed by atoms with Crippen LogP contribution in [0.5, 0.6) is 5.75 Å². The molecular formula is C14H21ClN2O3S. The van der Waals surface area contributed by atoms with E-state index >= 15 is 0 Å². The van der Waals surface area contributed by atoms with Crippen LogP contribution in [0.2, 0.25) is 0 Å². The van der Waals surface area contributed by atoms with Crippen molar-refractivity contribution in [2.45, 2.75) is 43.2 Å². The number of nitrogens with one attached hydrogen (secondary N) is 2. The summed E-state index contributed by atoms with van der Waals surface area (Å²) in [4.78, 5) is 0.341. The highest BCUT2D eigenvalue weighted by Gasteiger charge is 2.25. The van der Waals surface area contributed by atoms with Gasteiger partial charge < -0.3 is 10.1 Å². The molecule has 2 aliphatic rings. The van der Waals surface area contributed by atoms with Gasteiger partial charge in [0.25, 0.3) is 0 Å². The first kappa shape index (κ1) is 16.5. The van der Waals surface area contributed by atoms with Gasteiger partial charge in [-0.15, -0.1) is 12.4 Å². The summed E-state index contributed by atoms with van der Waals surface area (Å²) in [6.45, 7) is 3.57. The highest BCUT2D eigenvalue weighted by Crippen LogP contribution is 2.27. The van der Waals surface area contributed by atoms with Crippen molar-refractivity contribution < 1.29 is 13.2 Å². The lowest BCUT2D eigenvalue weighted by molar-refractivity contribution is 0.356. The second kappa shape index (κ2) is 6.52. The average molecular weight is 333 g/mol. The van der Waals surface area contributed by atoms with Crippen molar-refractivity contribution in [3.05, 3.63) is 23.8 Å². The fourth-order valence-corrected chi connectivity index (χ4v) is 4.19. The zero-order chi connectivity index (χ0) is 14.2. The Morgan fingerprint density at radius 2 is 2.19 bits per heavy atom. The molecule has 7 heteroatoms. The lowest BCUT2D eigenvalue weighted by Crippen LogP contribution is -2.46. The van der Waals surface area contributed by atoms with E-state index in [-0.39, 0.29) is 18.4 Å². The molecule has 2 atom stereocenters. The highest BCUT2D eigenvalue weighted by atomic mass is 35.5. The first-order chi connectivity index (χ1) is 9.54. The molecule has 0 radical (unpaired) electrons. The van der Waals surface area contributed by atoms with Crippen LogP contribution in [-0.4, -0.2) is 33.7 Å². The zero-order valence-corrected chi connectivity index (χ0v) is 13.6. The van der Waals surface area contributed by atoms with Crippen molar-refractivity contribution >= 4 is 22.4 Å². The molecule has 0 aromatic heterocycles. The van der Waals surface area contributed by atoms with E-state index in [0.717, 1.165) is 37.1 Å². The molecule has 1 aromatic carbocycles. The molecule has 0 spiro atoms. The van der Waals surface area contributed by atoms with Gasteiger partial charge in [-0.1, -0.05) is 0 Å². The molecule has 0 bridgehead atoms. The maximum Gasteiger partial charge on any atom is 0.240 e. The Labute approximate surface area is 131 Å². The monoisotopic (exact) mass is 332 g/mol. The summed E-state index contributed by atoms with van der Waals surface area (Å²) in [5, 5.41) is 3.32. The van der Waals surface area contributed by atoms with Gasteiger partial charge >= 0.3 is 0 Å². The van der Waals surface area contributed by atoms with Crippen molar-refractivity contribution in [3.63, 3.8) is 0 Å². The number of halogens is 1. The van der Waals surface area contributed by atoms with Gasteiger partial charge in [-0.3, -0.25) is 0 Å². The summed E-state index contributed by atoms with van der Waals surface area (Å²) < 4.78 is 33.1. The molecule has 2 heterocycles. The number of hydrogen-bond acceptors (Lipinski definition) is 4. The predicted octanol–water partition coefficient (Wildman–Crippen LogP) is 1.46. The second-order valence-electron chi connectivity index (χ2n) is 5.57. The fraction of sp³-hybridized carbons (Fsp3) is 0.571. The highest BCUT2D eigenvalue weighted by molar-refractivity contribution is 7.89. The minimum absolute atomic E-state index is 0. The molecule has 5 nitrogen and oxygen atoms in total. The number of hydrogen-bond donors (Lipinski definition) is 2. The number of fused-ring (bicyclic) bond motifs is 1. The zero-order valence-electron chi connectivity index (χ0n) is 12.0. The molecule has 0 aliphatic carbocycles. The molecule has 21 heavy (non-hydrogen) atoms. The molecule has 3 rings (SSSR count). The maximum absolute atomic E-state index is 12.4. The summed E-state index contributed by atoms with van der Waals surface area (Å²) in [6.07, 6.45) is 2.44. The van der Waals surface area contributed by atoms with Gasteiger partial charge in [0.05, 0.1) is 11.5 Å². The smallest absolute Gasteiger partial charge is 0.240 e. The normalized spacial score (nSPS) is 24.8. The average Bonchev–Trinajstić information content (AvgIpc) is 2.85.